The minimum Gasteiger partial charge on any atom is -0.369 e. The quantitative estimate of drug-likeness (QED) is 0.426. The number of nitrogens with zero attached hydrogens (tertiary/aromatic N) is 2. The summed E-state index contributed by atoms with van der Waals surface area (Å²) in [6, 6.07) is 22.0. The van der Waals surface area contributed by atoms with Crippen LogP contribution in [0.25, 0.3) is 10.2 Å². The molecule has 2 aromatic heterocycles. The number of anilines is 1. The molecule has 6 heteroatoms. The first-order valence-electron chi connectivity index (χ1n) is 10.1. The maximum absolute atomic E-state index is 12.7. The van der Waals surface area contributed by atoms with E-state index in [1.165, 1.54) is 4.88 Å². The number of aryl methyl sites for hydroxylation is 1. The fourth-order valence-corrected chi connectivity index (χ4v) is 4.33. The molecule has 0 aliphatic heterocycles. The Morgan fingerprint density at radius 1 is 1.00 bits per heavy atom. The van der Waals surface area contributed by atoms with Gasteiger partial charge >= 0.3 is 0 Å². The number of rotatable bonds is 8. The number of hydrogen-bond donors (Lipinski definition) is 2. The molecule has 0 fully saturated rings. The van der Waals surface area contributed by atoms with Crippen molar-refractivity contribution < 1.29 is 4.79 Å². The van der Waals surface area contributed by atoms with Crippen LogP contribution < -0.4 is 10.6 Å². The number of fused-ring (bicyclic) bond motifs is 1. The second-order valence-corrected chi connectivity index (χ2v) is 8.12. The first-order chi connectivity index (χ1) is 14.7. The van der Waals surface area contributed by atoms with Crippen molar-refractivity contribution in [3.63, 3.8) is 0 Å². The minimum absolute atomic E-state index is 0.00919. The molecular weight excluding hydrogens is 392 g/mol. The smallest absolute Gasteiger partial charge is 0.222 e. The van der Waals surface area contributed by atoms with E-state index >= 15 is 0 Å². The lowest BCUT2D eigenvalue weighted by molar-refractivity contribution is -0.121. The number of hydrogen-bond acceptors (Lipinski definition) is 5. The number of aromatic nitrogens is 2. The van der Waals surface area contributed by atoms with Crippen molar-refractivity contribution in [2.24, 2.45) is 0 Å². The lowest BCUT2D eigenvalue weighted by Crippen LogP contribution is -2.30. The van der Waals surface area contributed by atoms with Crippen molar-refractivity contribution in [3.8, 4) is 0 Å². The van der Waals surface area contributed by atoms with E-state index in [0.717, 1.165) is 33.6 Å². The van der Waals surface area contributed by atoms with Crippen molar-refractivity contribution in [1.82, 2.24) is 15.3 Å². The molecule has 4 aromatic rings. The second kappa shape index (κ2) is 9.50. The molecule has 0 unspecified atom stereocenters. The van der Waals surface area contributed by atoms with Crippen LogP contribution in [-0.4, -0.2) is 22.4 Å². The van der Waals surface area contributed by atoms with Gasteiger partial charge in [0.15, 0.2) is 0 Å². The van der Waals surface area contributed by atoms with Crippen LogP contribution in [0, 0.1) is 0 Å². The summed E-state index contributed by atoms with van der Waals surface area (Å²) in [5.74, 6) is 0.775. The van der Waals surface area contributed by atoms with Gasteiger partial charge < -0.3 is 10.6 Å². The van der Waals surface area contributed by atoms with Crippen LogP contribution in [0.15, 0.2) is 73.1 Å². The molecule has 0 saturated heterocycles. The summed E-state index contributed by atoms with van der Waals surface area (Å²) in [5.41, 5.74) is 2.13. The van der Waals surface area contributed by atoms with Crippen LogP contribution in [0.1, 0.15) is 35.4 Å². The maximum Gasteiger partial charge on any atom is 0.222 e. The van der Waals surface area contributed by atoms with Crippen LogP contribution in [0.2, 0.25) is 0 Å². The molecule has 0 aliphatic rings. The molecule has 2 N–H and O–H groups in total. The highest BCUT2D eigenvalue weighted by molar-refractivity contribution is 7.18. The van der Waals surface area contributed by atoms with Crippen LogP contribution in [0.3, 0.4) is 0 Å². The van der Waals surface area contributed by atoms with Gasteiger partial charge in [0.1, 0.15) is 17.0 Å². The molecule has 5 nitrogen and oxygen atoms in total. The Bertz CT molecular complexity index is 1070. The molecular formula is C24H24N4OS. The van der Waals surface area contributed by atoms with Gasteiger partial charge in [0.05, 0.1) is 11.4 Å². The van der Waals surface area contributed by atoms with Crippen LogP contribution in [-0.2, 0) is 11.2 Å². The Kier molecular flexibility index (Phi) is 6.35. The third-order valence-electron chi connectivity index (χ3n) is 4.94. The highest BCUT2D eigenvalue weighted by atomic mass is 32.1. The summed E-state index contributed by atoms with van der Waals surface area (Å²) in [7, 11) is 0. The normalized spacial score (nSPS) is 11.0. The summed E-state index contributed by atoms with van der Waals surface area (Å²) in [6.45, 7) is 2.64. The molecule has 0 spiro atoms. The largest absolute Gasteiger partial charge is 0.369 e. The predicted octanol–water partition coefficient (Wildman–Crippen LogP) is 4.96. The summed E-state index contributed by atoms with van der Waals surface area (Å²) in [5, 5.41) is 7.50. The van der Waals surface area contributed by atoms with E-state index in [2.05, 4.69) is 33.6 Å². The maximum atomic E-state index is 12.7. The zero-order valence-corrected chi connectivity index (χ0v) is 17.7. The Morgan fingerprint density at radius 3 is 2.30 bits per heavy atom. The van der Waals surface area contributed by atoms with E-state index in [4.69, 9.17) is 0 Å². The topological polar surface area (TPSA) is 66.9 Å². The van der Waals surface area contributed by atoms with Crippen molar-refractivity contribution in [2.75, 3.05) is 11.9 Å². The van der Waals surface area contributed by atoms with Gasteiger partial charge in [-0.1, -0.05) is 67.6 Å². The summed E-state index contributed by atoms with van der Waals surface area (Å²) >= 11 is 1.68. The lowest BCUT2D eigenvalue weighted by atomic mass is 9.98. The van der Waals surface area contributed by atoms with E-state index in [0.29, 0.717) is 13.0 Å². The fourth-order valence-electron chi connectivity index (χ4n) is 3.40. The highest BCUT2D eigenvalue weighted by Gasteiger charge is 2.16. The SMILES string of the molecule is CCc1cc2c(NCCC(=O)NC(c3ccccc3)c3ccccc3)ncnc2s1. The first-order valence-corrected chi connectivity index (χ1v) is 10.9. The molecule has 0 radical (unpaired) electrons. The molecule has 0 saturated carbocycles. The van der Waals surface area contributed by atoms with E-state index < -0.39 is 0 Å². The molecule has 1 amide bonds. The van der Waals surface area contributed by atoms with E-state index in [1.54, 1.807) is 17.7 Å². The number of amides is 1. The van der Waals surface area contributed by atoms with E-state index in [-0.39, 0.29) is 11.9 Å². The molecule has 0 bridgehead atoms. The van der Waals surface area contributed by atoms with Gasteiger partial charge in [-0.3, -0.25) is 4.79 Å². The van der Waals surface area contributed by atoms with E-state index in [1.807, 2.05) is 60.7 Å². The molecule has 2 heterocycles. The average molecular weight is 417 g/mol. The van der Waals surface area contributed by atoms with Gasteiger partial charge in [-0.05, 0) is 23.6 Å². The molecule has 0 atom stereocenters. The number of thiophene rings is 1. The van der Waals surface area contributed by atoms with Gasteiger partial charge in [-0.25, -0.2) is 9.97 Å². The van der Waals surface area contributed by atoms with Crippen molar-refractivity contribution in [2.45, 2.75) is 25.8 Å². The Hall–Kier alpha value is -3.25. The second-order valence-electron chi connectivity index (χ2n) is 7.01. The number of benzene rings is 2. The monoisotopic (exact) mass is 416 g/mol. The van der Waals surface area contributed by atoms with Crippen molar-refractivity contribution in [3.05, 3.63) is 89.1 Å². The van der Waals surface area contributed by atoms with Crippen molar-refractivity contribution in [1.29, 1.82) is 0 Å². The number of carbonyl (C=O) groups excluding carboxylic acids is 1. The van der Waals surface area contributed by atoms with Crippen molar-refractivity contribution >= 4 is 33.3 Å². The zero-order chi connectivity index (χ0) is 20.8. The molecule has 152 valence electrons. The average Bonchev–Trinajstić information content (AvgIpc) is 3.23. The Balaban J connectivity index is 1.42. The Labute approximate surface area is 180 Å². The molecule has 0 aliphatic carbocycles. The highest BCUT2D eigenvalue weighted by Crippen LogP contribution is 2.28. The zero-order valence-electron chi connectivity index (χ0n) is 16.8. The van der Waals surface area contributed by atoms with Crippen LogP contribution in [0.4, 0.5) is 5.82 Å². The fraction of sp³-hybridized carbons (Fsp3) is 0.208. The van der Waals surface area contributed by atoms with Crippen LogP contribution >= 0.6 is 11.3 Å². The molecule has 4 rings (SSSR count). The molecule has 30 heavy (non-hydrogen) atoms. The van der Waals surface area contributed by atoms with Gasteiger partial charge in [0, 0.05) is 17.8 Å². The molecule has 2 aromatic carbocycles. The first kappa shape index (κ1) is 20.0. The van der Waals surface area contributed by atoms with E-state index in [9.17, 15) is 4.79 Å². The Morgan fingerprint density at radius 2 is 1.67 bits per heavy atom. The van der Waals surface area contributed by atoms with Gasteiger partial charge in [0.2, 0.25) is 5.91 Å². The third kappa shape index (κ3) is 4.66. The van der Waals surface area contributed by atoms with Gasteiger partial charge in [-0.15, -0.1) is 11.3 Å². The minimum atomic E-state index is -0.172. The predicted molar refractivity (Wildman–Crippen MR) is 123 cm³/mol. The summed E-state index contributed by atoms with van der Waals surface area (Å²) in [6.07, 6.45) is 2.90. The van der Waals surface area contributed by atoms with Gasteiger partial charge in [0.25, 0.3) is 0 Å². The summed E-state index contributed by atoms with van der Waals surface area (Å²) < 4.78 is 0. The van der Waals surface area contributed by atoms with Gasteiger partial charge in [-0.2, -0.15) is 0 Å². The number of carbonyl (C=O) groups is 1. The lowest BCUT2D eigenvalue weighted by Gasteiger charge is -2.20. The summed E-state index contributed by atoms with van der Waals surface area (Å²) in [4.78, 5) is 23.7. The standard InChI is InChI=1S/C24H24N4OS/c1-2-19-15-20-23(26-16-27-24(20)30-19)25-14-13-21(29)28-22(17-9-5-3-6-10-17)18-11-7-4-8-12-18/h3-12,15-16,22H,2,13-14H2,1H3,(H,28,29)(H,25,26,27). The number of nitrogens with one attached hydrogen (secondary N) is 2. The third-order valence-corrected chi connectivity index (χ3v) is 6.13. The van der Waals surface area contributed by atoms with Crippen LogP contribution in [0.5, 0.6) is 0 Å².